The highest BCUT2D eigenvalue weighted by Gasteiger charge is 2.10. The van der Waals surface area contributed by atoms with Crippen molar-refractivity contribution in [1.29, 1.82) is 0 Å². The van der Waals surface area contributed by atoms with Gasteiger partial charge in [0.25, 0.3) is 0 Å². The van der Waals surface area contributed by atoms with E-state index in [0.717, 1.165) is 28.2 Å². The third kappa shape index (κ3) is 1.99. The summed E-state index contributed by atoms with van der Waals surface area (Å²) >= 11 is 0. The molecule has 0 atom stereocenters. The van der Waals surface area contributed by atoms with Crippen LogP contribution < -0.4 is 0 Å². The second-order valence-corrected chi connectivity index (χ2v) is 4.79. The van der Waals surface area contributed by atoms with Gasteiger partial charge in [0.05, 0.1) is 5.69 Å². The maximum absolute atomic E-state index is 5.87. The maximum atomic E-state index is 5.87. The number of oxazole rings is 1. The molecule has 0 saturated heterocycles. The molecule has 5 heteroatoms. The van der Waals surface area contributed by atoms with Crippen molar-refractivity contribution in [2.45, 2.75) is 6.92 Å². The SMILES string of the molecule is Cc1nncn1-c1ccc2nc(-c3ccccc3)oc2c1. The van der Waals surface area contributed by atoms with E-state index < -0.39 is 0 Å². The van der Waals surface area contributed by atoms with E-state index in [1.165, 1.54) is 0 Å². The number of aryl methyl sites for hydroxylation is 1. The number of hydrogen-bond donors (Lipinski definition) is 0. The molecule has 2 aromatic carbocycles. The van der Waals surface area contributed by atoms with Crippen LogP contribution in [0.15, 0.2) is 59.3 Å². The Morgan fingerprint density at radius 2 is 1.90 bits per heavy atom. The Hall–Kier alpha value is -2.95. The molecule has 0 aliphatic heterocycles. The fourth-order valence-corrected chi connectivity index (χ4v) is 2.31. The third-order valence-corrected chi connectivity index (χ3v) is 3.39. The molecule has 0 aliphatic rings. The Morgan fingerprint density at radius 3 is 2.67 bits per heavy atom. The van der Waals surface area contributed by atoms with Crippen molar-refractivity contribution in [3.8, 4) is 17.1 Å². The fourth-order valence-electron chi connectivity index (χ4n) is 2.31. The Kier molecular flexibility index (Phi) is 2.57. The van der Waals surface area contributed by atoms with E-state index >= 15 is 0 Å². The van der Waals surface area contributed by atoms with E-state index in [4.69, 9.17) is 4.42 Å². The molecule has 102 valence electrons. The first-order valence-electron chi connectivity index (χ1n) is 6.64. The van der Waals surface area contributed by atoms with Crippen molar-refractivity contribution in [1.82, 2.24) is 19.7 Å². The van der Waals surface area contributed by atoms with E-state index in [2.05, 4.69) is 15.2 Å². The van der Waals surface area contributed by atoms with Crippen LogP contribution in [0.1, 0.15) is 5.82 Å². The molecule has 0 bridgehead atoms. The number of nitrogens with zero attached hydrogens (tertiary/aromatic N) is 4. The van der Waals surface area contributed by atoms with E-state index in [1.807, 2.05) is 60.0 Å². The summed E-state index contributed by atoms with van der Waals surface area (Å²) in [6, 6.07) is 15.7. The van der Waals surface area contributed by atoms with Crippen LogP contribution in [0.2, 0.25) is 0 Å². The molecular weight excluding hydrogens is 264 g/mol. The molecule has 4 rings (SSSR count). The van der Waals surface area contributed by atoms with Gasteiger partial charge in [-0.05, 0) is 31.2 Å². The molecular formula is C16H12N4O. The number of rotatable bonds is 2. The number of fused-ring (bicyclic) bond motifs is 1. The highest BCUT2D eigenvalue weighted by molar-refractivity contribution is 5.78. The Labute approximate surface area is 120 Å². The smallest absolute Gasteiger partial charge is 0.227 e. The standard InChI is InChI=1S/C16H12N4O/c1-11-19-17-10-20(11)13-7-8-14-15(9-13)21-16(18-14)12-5-3-2-4-6-12/h2-10H,1H3. The van der Waals surface area contributed by atoms with Gasteiger partial charge in [0, 0.05) is 11.6 Å². The van der Waals surface area contributed by atoms with Crippen molar-refractivity contribution in [2.24, 2.45) is 0 Å². The molecule has 0 radical (unpaired) electrons. The molecule has 0 unspecified atom stereocenters. The summed E-state index contributed by atoms with van der Waals surface area (Å²) in [5.41, 5.74) is 3.51. The van der Waals surface area contributed by atoms with E-state index in [1.54, 1.807) is 6.33 Å². The molecule has 5 nitrogen and oxygen atoms in total. The Bertz CT molecular complexity index is 908. The molecule has 21 heavy (non-hydrogen) atoms. The van der Waals surface area contributed by atoms with E-state index in [-0.39, 0.29) is 0 Å². The highest BCUT2D eigenvalue weighted by atomic mass is 16.3. The minimum atomic E-state index is 0.628. The minimum Gasteiger partial charge on any atom is -0.436 e. The zero-order valence-electron chi connectivity index (χ0n) is 11.4. The van der Waals surface area contributed by atoms with Crippen LogP contribution in [-0.4, -0.2) is 19.7 Å². The van der Waals surface area contributed by atoms with Crippen LogP contribution in [0.4, 0.5) is 0 Å². The summed E-state index contributed by atoms with van der Waals surface area (Å²) in [6.07, 6.45) is 1.69. The zero-order valence-corrected chi connectivity index (χ0v) is 11.4. The molecule has 4 aromatic rings. The van der Waals surface area contributed by atoms with Crippen LogP contribution in [0.25, 0.3) is 28.2 Å². The van der Waals surface area contributed by atoms with Gasteiger partial charge in [-0.25, -0.2) is 4.98 Å². The first-order valence-corrected chi connectivity index (χ1v) is 6.64. The normalized spacial score (nSPS) is 11.1. The lowest BCUT2D eigenvalue weighted by Gasteiger charge is -2.02. The second kappa shape index (κ2) is 4.56. The van der Waals surface area contributed by atoms with E-state index in [9.17, 15) is 0 Å². The van der Waals surface area contributed by atoms with Gasteiger partial charge in [-0.15, -0.1) is 10.2 Å². The van der Waals surface area contributed by atoms with Crippen molar-refractivity contribution < 1.29 is 4.42 Å². The summed E-state index contributed by atoms with van der Waals surface area (Å²) < 4.78 is 7.77. The summed E-state index contributed by atoms with van der Waals surface area (Å²) in [4.78, 5) is 4.52. The van der Waals surface area contributed by atoms with Gasteiger partial charge in [-0.2, -0.15) is 0 Å². The number of hydrogen-bond acceptors (Lipinski definition) is 4. The topological polar surface area (TPSA) is 56.7 Å². The minimum absolute atomic E-state index is 0.628. The summed E-state index contributed by atoms with van der Waals surface area (Å²) in [7, 11) is 0. The lowest BCUT2D eigenvalue weighted by atomic mass is 10.2. The van der Waals surface area contributed by atoms with Gasteiger partial charge in [0.1, 0.15) is 17.7 Å². The zero-order chi connectivity index (χ0) is 14.2. The molecule has 0 aliphatic carbocycles. The highest BCUT2D eigenvalue weighted by Crippen LogP contribution is 2.25. The molecule has 2 heterocycles. The lowest BCUT2D eigenvalue weighted by molar-refractivity contribution is 0.619. The average molecular weight is 276 g/mol. The summed E-state index contributed by atoms with van der Waals surface area (Å²) in [5, 5.41) is 7.89. The molecule has 0 saturated carbocycles. The van der Waals surface area contributed by atoms with E-state index in [0.29, 0.717) is 5.89 Å². The van der Waals surface area contributed by atoms with Crippen LogP contribution in [0, 0.1) is 6.92 Å². The second-order valence-electron chi connectivity index (χ2n) is 4.79. The Balaban J connectivity index is 1.84. The van der Waals surface area contributed by atoms with Crippen molar-refractivity contribution in [3.05, 3.63) is 60.7 Å². The Morgan fingerprint density at radius 1 is 1.05 bits per heavy atom. The first-order chi connectivity index (χ1) is 10.3. The van der Waals surface area contributed by atoms with Gasteiger partial charge in [0.15, 0.2) is 5.58 Å². The fraction of sp³-hybridized carbons (Fsp3) is 0.0625. The predicted molar refractivity (Wildman–Crippen MR) is 79.1 cm³/mol. The van der Waals surface area contributed by atoms with Gasteiger partial charge in [-0.3, -0.25) is 4.57 Å². The average Bonchev–Trinajstić information content (AvgIpc) is 3.13. The molecule has 0 fully saturated rings. The van der Waals surface area contributed by atoms with Crippen molar-refractivity contribution in [2.75, 3.05) is 0 Å². The van der Waals surface area contributed by atoms with Gasteiger partial charge >= 0.3 is 0 Å². The first kappa shape index (κ1) is 11.8. The molecule has 0 amide bonds. The monoisotopic (exact) mass is 276 g/mol. The number of benzene rings is 2. The van der Waals surface area contributed by atoms with Crippen LogP contribution in [0.5, 0.6) is 0 Å². The van der Waals surface area contributed by atoms with Gasteiger partial charge in [-0.1, -0.05) is 18.2 Å². The van der Waals surface area contributed by atoms with Crippen molar-refractivity contribution in [3.63, 3.8) is 0 Å². The van der Waals surface area contributed by atoms with Crippen LogP contribution >= 0.6 is 0 Å². The van der Waals surface area contributed by atoms with Crippen LogP contribution in [-0.2, 0) is 0 Å². The largest absolute Gasteiger partial charge is 0.436 e. The molecule has 0 N–H and O–H groups in total. The van der Waals surface area contributed by atoms with Crippen LogP contribution in [0.3, 0.4) is 0 Å². The summed E-state index contributed by atoms with van der Waals surface area (Å²) in [6.45, 7) is 1.91. The number of aromatic nitrogens is 4. The molecule has 0 spiro atoms. The third-order valence-electron chi connectivity index (χ3n) is 3.39. The van der Waals surface area contributed by atoms with Gasteiger partial charge < -0.3 is 4.42 Å². The lowest BCUT2D eigenvalue weighted by Crippen LogP contribution is -1.94. The molecule has 2 aromatic heterocycles. The predicted octanol–water partition coefficient (Wildman–Crippen LogP) is 3.38. The van der Waals surface area contributed by atoms with Gasteiger partial charge in [0.2, 0.25) is 5.89 Å². The van der Waals surface area contributed by atoms with Crippen molar-refractivity contribution >= 4 is 11.1 Å². The maximum Gasteiger partial charge on any atom is 0.227 e. The quantitative estimate of drug-likeness (QED) is 0.563. The summed E-state index contributed by atoms with van der Waals surface area (Å²) in [5.74, 6) is 1.46.